The molecule has 58 heavy (non-hydrogen) atoms. The summed E-state index contributed by atoms with van der Waals surface area (Å²) in [6.45, 7) is 3.14. The molecule has 0 N–H and O–H groups in total. The Balaban J connectivity index is 1.00. The summed E-state index contributed by atoms with van der Waals surface area (Å²) in [7, 11) is 0. The number of fused-ring (bicyclic) bond motifs is 5. The van der Waals surface area contributed by atoms with Crippen LogP contribution in [0.25, 0.3) is 66.1 Å². The molecule has 1 aliphatic heterocycles. The lowest BCUT2D eigenvalue weighted by molar-refractivity contribution is 0.670. The molecule has 0 bridgehead atoms. The van der Waals surface area contributed by atoms with Crippen molar-refractivity contribution < 1.29 is 4.42 Å². The molecule has 0 amide bonds. The van der Waals surface area contributed by atoms with Gasteiger partial charge in [0.15, 0.2) is 0 Å². The molecule has 3 heteroatoms. The van der Waals surface area contributed by atoms with Crippen molar-refractivity contribution in [2.45, 2.75) is 13.3 Å². The largest absolute Gasteiger partial charge is 0.455 e. The van der Waals surface area contributed by atoms with Crippen molar-refractivity contribution in [1.82, 2.24) is 0 Å². The molecule has 0 saturated carbocycles. The second kappa shape index (κ2) is 14.0. The average Bonchev–Trinajstić information content (AvgIpc) is 3.90. The topological polar surface area (TPSA) is 19.6 Å². The fourth-order valence-corrected chi connectivity index (χ4v) is 8.89. The van der Waals surface area contributed by atoms with Crippen LogP contribution in [0, 0.1) is 6.92 Å². The van der Waals surface area contributed by atoms with Gasteiger partial charge in [0, 0.05) is 51.0 Å². The third kappa shape index (κ3) is 5.83. The standard InChI is InChI=1S/C55H40N2O/c1-37-17-19-38(20-18-37)40-23-29-44(30-24-40)57(45-31-25-41(26-32-45)39-21-27-43(28-22-39)56-36-35-42-9-2-6-15-52(42)56)53-34-33-47(46-10-3-4-11-48(46)53)50-13-8-14-51-49-12-5-7-16-54(49)58-55(50)51/h2-34H,35-36H2,1H3. The van der Waals surface area contributed by atoms with Crippen LogP contribution in [0.1, 0.15) is 11.1 Å². The van der Waals surface area contributed by atoms with E-state index in [1.54, 1.807) is 0 Å². The smallest absolute Gasteiger partial charge is 0.143 e. The van der Waals surface area contributed by atoms with Crippen LogP contribution in [0.4, 0.5) is 28.4 Å². The summed E-state index contributed by atoms with van der Waals surface area (Å²) in [6, 6.07) is 72.6. The number of hydrogen-bond donors (Lipinski definition) is 0. The van der Waals surface area contributed by atoms with Crippen molar-refractivity contribution in [1.29, 1.82) is 0 Å². The van der Waals surface area contributed by atoms with Crippen molar-refractivity contribution in [3.8, 4) is 33.4 Å². The Morgan fingerprint density at radius 3 is 1.72 bits per heavy atom. The predicted octanol–water partition coefficient (Wildman–Crippen LogP) is 15.2. The maximum Gasteiger partial charge on any atom is 0.143 e. The molecule has 2 heterocycles. The normalized spacial score (nSPS) is 12.4. The van der Waals surface area contributed by atoms with Crippen LogP contribution in [0.5, 0.6) is 0 Å². The molecule has 10 aromatic rings. The van der Waals surface area contributed by atoms with Crippen LogP contribution in [0.15, 0.2) is 205 Å². The molecular weight excluding hydrogens is 705 g/mol. The number of hydrogen-bond acceptors (Lipinski definition) is 3. The summed E-state index contributed by atoms with van der Waals surface area (Å²) in [4.78, 5) is 4.82. The van der Waals surface area contributed by atoms with E-state index in [0.29, 0.717) is 0 Å². The summed E-state index contributed by atoms with van der Waals surface area (Å²) in [5, 5.41) is 4.61. The highest BCUT2D eigenvalue weighted by Crippen LogP contribution is 2.45. The van der Waals surface area contributed by atoms with Crippen LogP contribution in [-0.4, -0.2) is 6.54 Å². The zero-order valence-electron chi connectivity index (χ0n) is 32.3. The predicted molar refractivity (Wildman–Crippen MR) is 244 cm³/mol. The van der Waals surface area contributed by atoms with Gasteiger partial charge in [-0.3, -0.25) is 0 Å². The quantitative estimate of drug-likeness (QED) is 0.162. The molecular formula is C55H40N2O. The van der Waals surface area contributed by atoms with Crippen LogP contribution in [0.2, 0.25) is 0 Å². The molecule has 0 fully saturated rings. The Labute approximate surface area is 338 Å². The number of furan rings is 1. The van der Waals surface area contributed by atoms with E-state index in [2.05, 4.69) is 211 Å². The lowest BCUT2D eigenvalue weighted by Crippen LogP contribution is -2.12. The highest BCUT2D eigenvalue weighted by Gasteiger charge is 2.21. The SMILES string of the molecule is Cc1ccc(-c2ccc(N(c3ccc(-c4ccc(N5CCc6ccccc65)cc4)cc3)c3ccc(-c4cccc5c4oc4ccccc45)c4ccccc34)cc2)cc1. The number of benzene rings is 9. The molecule has 0 spiro atoms. The molecule has 0 atom stereocenters. The highest BCUT2D eigenvalue weighted by molar-refractivity contribution is 6.14. The Hall–Kier alpha value is -7.36. The second-order valence-corrected chi connectivity index (χ2v) is 15.3. The van der Waals surface area contributed by atoms with Crippen molar-refractivity contribution in [3.05, 3.63) is 211 Å². The molecule has 0 radical (unpaired) electrons. The van der Waals surface area contributed by atoms with E-state index < -0.39 is 0 Å². The van der Waals surface area contributed by atoms with Gasteiger partial charge in [-0.05, 0) is 107 Å². The molecule has 1 aliphatic rings. The first kappa shape index (κ1) is 33.9. The molecule has 9 aromatic carbocycles. The van der Waals surface area contributed by atoms with Gasteiger partial charge in [-0.25, -0.2) is 0 Å². The number of para-hydroxylation sites is 3. The lowest BCUT2D eigenvalue weighted by Gasteiger charge is -2.28. The molecule has 11 rings (SSSR count). The van der Waals surface area contributed by atoms with E-state index in [1.165, 1.54) is 55.5 Å². The van der Waals surface area contributed by atoms with Crippen molar-refractivity contribution >= 4 is 61.1 Å². The first-order chi connectivity index (χ1) is 28.7. The first-order valence-corrected chi connectivity index (χ1v) is 20.1. The summed E-state index contributed by atoms with van der Waals surface area (Å²) in [5.74, 6) is 0. The van der Waals surface area contributed by atoms with Crippen LogP contribution in [-0.2, 0) is 6.42 Å². The zero-order valence-corrected chi connectivity index (χ0v) is 32.3. The zero-order chi connectivity index (χ0) is 38.6. The van der Waals surface area contributed by atoms with Gasteiger partial charge in [0.1, 0.15) is 11.2 Å². The highest BCUT2D eigenvalue weighted by atomic mass is 16.3. The van der Waals surface area contributed by atoms with E-state index >= 15 is 0 Å². The van der Waals surface area contributed by atoms with Gasteiger partial charge in [-0.15, -0.1) is 0 Å². The Bertz CT molecular complexity index is 3100. The minimum absolute atomic E-state index is 0.905. The third-order valence-corrected chi connectivity index (χ3v) is 11.9. The minimum atomic E-state index is 0.905. The summed E-state index contributed by atoms with van der Waals surface area (Å²) >= 11 is 0. The van der Waals surface area contributed by atoms with Crippen molar-refractivity contribution in [2.24, 2.45) is 0 Å². The van der Waals surface area contributed by atoms with Gasteiger partial charge in [-0.1, -0.05) is 151 Å². The second-order valence-electron chi connectivity index (χ2n) is 15.3. The molecule has 1 aromatic heterocycles. The first-order valence-electron chi connectivity index (χ1n) is 20.1. The number of rotatable bonds is 7. The summed E-state index contributed by atoms with van der Waals surface area (Å²) in [6.07, 6.45) is 1.08. The summed E-state index contributed by atoms with van der Waals surface area (Å²) < 4.78 is 6.54. The van der Waals surface area contributed by atoms with Gasteiger partial charge in [0.25, 0.3) is 0 Å². The third-order valence-electron chi connectivity index (χ3n) is 11.9. The molecule has 0 saturated heterocycles. The number of anilines is 5. The van der Waals surface area contributed by atoms with Gasteiger partial charge in [0.2, 0.25) is 0 Å². The van der Waals surface area contributed by atoms with E-state index in [0.717, 1.165) is 63.1 Å². The molecule has 0 aliphatic carbocycles. The molecule has 0 unspecified atom stereocenters. The van der Waals surface area contributed by atoms with E-state index in [9.17, 15) is 0 Å². The average molecular weight is 745 g/mol. The van der Waals surface area contributed by atoms with Gasteiger partial charge < -0.3 is 14.2 Å². The Morgan fingerprint density at radius 2 is 1.02 bits per heavy atom. The maximum atomic E-state index is 6.54. The molecule has 3 nitrogen and oxygen atoms in total. The fraction of sp³-hybridized carbons (Fsp3) is 0.0545. The number of nitrogens with zero attached hydrogens (tertiary/aromatic N) is 2. The maximum absolute atomic E-state index is 6.54. The molecule has 276 valence electrons. The Kier molecular flexibility index (Phi) is 8.18. The van der Waals surface area contributed by atoms with E-state index in [4.69, 9.17) is 4.42 Å². The lowest BCUT2D eigenvalue weighted by atomic mass is 9.95. The Morgan fingerprint density at radius 1 is 0.448 bits per heavy atom. The van der Waals surface area contributed by atoms with Crippen molar-refractivity contribution in [2.75, 3.05) is 16.3 Å². The van der Waals surface area contributed by atoms with Gasteiger partial charge >= 0.3 is 0 Å². The summed E-state index contributed by atoms with van der Waals surface area (Å²) in [5.41, 5.74) is 17.4. The van der Waals surface area contributed by atoms with Gasteiger partial charge in [-0.2, -0.15) is 0 Å². The minimum Gasteiger partial charge on any atom is -0.455 e. The van der Waals surface area contributed by atoms with Crippen LogP contribution < -0.4 is 9.80 Å². The monoisotopic (exact) mass is 744 g/mol. The fourth-order valence-electron chi connectivity index (χ4n) is 8.89. The van der Waals surface area contributed by atoms with E-state index in [1.807, 2.05) is 6.07 Å². The van der Waals surface area contributed by atoms with Crippen molar-refractivity contribution in [3.63, 3.8) is 0 Å². The van der Waals surface area contributed by atoms with Crippen LogP contribution in [0.3, 0.4) is 0 Å². The van der Waals surface area contributed by atoms with Crippen LogP contribution >= 0.6 is 0 Å². The number of aryl methyl sites for hydroxylation is 1. The van der Waals surface area contributed by atoms with E-state index in [-0.39, 0.29) is 0 Å². The van der Waals surface area contributed by atoms with Gasteiger partial charge in [0.05, 0.1) is 5.69 Å².